The Bertz CT molecular complexity index is 1240. The summed E-state index contributed by atoms with van der Waals surface area (Å²) in [5.41, 5.74) is 2.87. The van der Waals surface area contributed by atoms with Gasteiger partial charge in [0.05, 0.1) is 35.2 Å². The van der Waals surface area contributed by atoms with Crippen molar-refractivity contribution < 1.29 is 14.3 Å². The molecule has 3 aromatic heterocycles. The van der Waals surface area contributed by atoms with Crippen LogP contribution in [0.25, 0.3) is 15.9 Å². The molecule has 1 amide bonds. The van der Waals surface area contributed by atoms with Gasteiger partial charge in [-0.05, 0) is 57.0 Å². The molecule has 0 radical (unpaired) electrons. The van der Waals surface area contributed by atoms with Gasteiger partial charge in [0, 0.05) is 12.8 Å². The summed E-state index contributed by atoms with van der Waals surface area (Å²) in [5, 5.41) is 0.662. The lowest BCUT2D eigenvalue weighted by atomic mass is 10.2. The van der Waals surface area contributed by atoms with E-state index >= 15 is 0 Å². The van der Waals surface area contributed by atoms with E-state index in [1.54, 1.807) is 4.90 Å². The fraction of sp³-hybridized carbons (Fsp3) is 0.348. The molecule has 0 aliphatic carbocycles. The van der Waals surface area contributed by atoms with Gasteiger partial charge in [-0.25, -0.2) is 9.97 Å². The molecule has 0 N–H and O–H groups in total. The van der Waals surface area contributed by atoms with Gasteiger partial charge in [0.1, 0.15) is 17.1 Å². The van der Waals surface area contributed by atoms with E-state index in [0.717, 1.165) is 41.1 Å². The maximum Gasteiger partial charge on any atom is 0.279 e. The molecule has 4 heterocycles. The summed E-state index contributed by atoms with van der Waals surface area (Å²) in [7, 11) is 0. The minimum absolute atomic E-state index is 0.00874. The molecule has 1 aliphatic rings. The second kappa shape index (κ2) is 8.28. The minimum Gasteiger partial charge on any atom is -0.494 e. The van der Waals surface area contributed by atoms with Crippen molar-refractivity contribution in [3.8, 4) is 5.75 Å². The standard InChI is InChI=1S/C23H24N4O3S/c1-3-29-16-9-10-18-19(13-16)31-23(25-18)27(14-17-7-6-12-30-17)22(28)21-15(2)24-20-8-4-5-11-26(20)21/h4-5,8-11,13,17H,3,6-7,12,14H2,1-2H3. The third kappa shape index (κ3) is 3.77. The van der Waals surface area contributed by atoms with E-state index < -0.39 is 0 Å². The first kappa shape index (κ1) is 20.0. The van der Waals surface area contributed by atoms with Crippen molar-refractivity contribution in [1.29, 1.82) is 0 Å². The molecule has 1 saturated heterocycles. The van der Waals surface area contributed by atoms with Gasteiger partial charge in [-0.15, -0.1) is 0 Å². The van der Waals surface area contributed by atoms with E-state index in [9.17, 15) is 4.79 Å². The maximum absolute atomic E-state index is 13.8. The van der Waals surface area contributed by atoms with E-state index in [2.05, 4.69) is 4.98 Å². The average molecular weight is 437 g/mol. The molecule has 0 spiro atoms. The first-order chi connectivity index (χ1) is 15.1. The number of anilines is 1. The third-order valence-electron chi connectivity index (χ3n) is 5.45. The van der Waals surface area contributed by atoms with Gasteiger partial charge in [-0.3, -0.25) is 14.1 Å². The van der Waals surface area contributed by atoms with E-state index in [0.29, 0.717) is 29.7 Å². The monoisotopic (exact) mass is 436 g/mol. The minimum atomic E-state index is -0.115. The van der Waals surface area contributed by atoms with Crippen molar-refractivity contribution in [1.82, 2.24) is 14.4 Å². The van der Waals surface area contributed by atoms with E-state index in [1.807, 2.05) is 60.8 Å². The number of nitrogens with zero attached hydrogens (tertiary/aromatic N) is 4. The Morgan fingerprint density at radius 1 is 1.32 bits per heavy atom. The Morgan fingerprint density at radius 2 is 2.23 bits per heavy atom. The number of imidazole rings is 1. The first-order valence-corrected chi connectivity index (χ1v) is 11.4. The Kier molecular flexibility index (Phi) is 5.33. The van der Waals surface area contributed by atoms with Crippen LogP contribution in [0.3, 0.4) is 0 Å². The highest BCUT2D eigenvalue weighted by Crippen LogP contribution is 2.33. The number of fused-ring (bicyclic) bond motifs is 2. The fourth-order valence-corrected chi connectivity index (χ4v) is 5.01. The molecular formula is C23H24N4O3S. The number of pyridine rings is 1. The quantitative estimate of drug-likeness (QED) is 0.446. The molecule has 4 aromatic rings. The van der Waals surface area contributed by atoms with Crippen molar-refractivity contribution in [2.45, 2.75) is 32.8 Å². The van der Waals surface area contributed by atoms with Crippen LogP contribution in [0.4, 0.5) is 5.13 Å². The number of ether oxygens (including phenoxy) is 2. The molecule has 1 aromatic carbocycles. The Labute approximate surface area is 184 Å². The lowest BCUT2D eigenvalue weighted by Crippen LogP contribution is -2.38. The zero-order valence-electron chi connectivity index (χ0n) is 17.6. The second-order valence-corrected chi connectivity index (χ2v) is 8.59. The van der Waals surface area contributed by atoms with Crippen LogP contribution in [0.1, 0.15) is 35.9 Å². The van der Waals surface area contributed by atoms with E-state index in [1.165, 1.54) is 11.3 Å². The van der Waals surface area contributed by atoms with Gasteiger partial charge in [0.15, 0.2) is 5.13 Å². The largest absolute Gasteiger partial charge is 0.494 e. The smallest absolute Gasteiger partial charge is 0.279 e. The third-order valence-corrected chi connectivity index (χ3v) is 6.49. The summed E-state index contributed by atoms with van der Waals surface area (Å²) in [6.45, 7) is 5.64. The summed E-state index contributed by atoms with van der Waals surface area (Å²) < 4.78 is 14.3. The highest BCUT2D eigenvalue weighted by molar-refractivity contribution is 7.22. The van der Waals surface area contributed by atoms with Crippen LogP contribution in [-0.2, 0) is 4.74 Å². The number of carbonyl (C=O) groups excluding carboxylic acids is 1. The van der Waals surface area contributed by atoms with Crippen LogP contribution in [0.2, 0.25) is 0 Å². The molecule has 0 bridgehead atoms. The zero-order chi connectivity index (χ0) is 21.4. The van der Waals surface area contributed by atoms with Gasteiger partial charge >= 0.3 is 0 Å². The van der Waals surface area contributed by atoms with Crippen molar-refractivity contribution in [3.63, 3.8) is 0 Å². The van der Waals surface area contributed by atoms with Gasteiger partial charge in [-0.1, -0.05) is 17.4 Å². The van der Waals surface area contributed by atoms with Gasteiger partial charge in [0.25, 0.3) is 5.91 Å². The number of rotatable bonds is 6. The summed E-state index contributed by atoms with van der Waals surface area (Å²) in [4.78, 5) is 24.9. The molecule has 7 nitrogen and oxygen atoms in total. The molecule has 1 aliphatic heterocycles. The predicted octanol–water partition coefficient (Wildman–Crippen LogP) is 4.48. The van der Waals surface area contributed by atoms with Crippen molar-refractivity contribution in [2.75, 3.05) is 24.7 Å². The highest BCUT2D eigenvalue weighted by Gasteiger charge is 2.30. The number of benzene rings is 1. The normalized spacial score (nSPS) is 16.3. The Balaban J connectivity index is 1.57. The summed E-state index contributed by atoms with van der Waals surface area (Å²) in [6, 6.07) is 11.6. The lowest BCUT2D eigenvalue weighted by Gasteiger charge is -2.23. The molecule has 31 heavy (non-hydrogen) atoms. The van der Waals surface area contributed by atoms with Crippen LogP contribution in [0.15, 0.2) is 42.6 Å². The number of aryl methyl sites for hydroxylation is 1. The van der Waals surface area contributed by atoms with Crippen LogP contribution >= 0.6 is 11.3 Å². The van der Waals surface area contributed by atoms with Crippen LogP contribution in [-0.4, -0.2) is 46.1 Å². The predicted molar refractivity (Wildman–Crippen MR) is 121 cm³/mol. The molecule has 1 fully saturated rings. The van der Waals surface area contributed by atoms with Gasteiger partial charge in [-0.2, -0.15) is 0 Å². The SMILES string of the molecule is CCOc1ccc2nc(N(CC3CCCO3)C(=O)c3c(C)nc4ccccn34)sc2c1. The molecule has 8 heteroatoms. The maximum atomic E-state index is 13.8. The van der Waals surface area contributed by atoms with Crippen LogP contribution in [0.5, 0.6) is 5.75 Å². The summed E-state index contributed by atoms with van der Waals surface area (Å²) >= 11 is 1.49. The lowest BCUT2D eigenvalue weighted by molar-refractivity contribution is 0.0912. The molecule has 5 rings (SSSR count). The van der Waals surface area contributed by atoms with Crippen LogP contribution in [0, 0.1) is 6.92 Å². The number of aromatic nitrogens is 3. The van der Waals surface area contributed by atoms with Crippen molar-refractivity contribution in [3.05, 3.63) is 54.0 Å². The van der Waals surface area contributed by atoms with Crippen molar-refractivity contribution in [2.24, 2.45) is 0 Å². The topological polar surface area (TPSA) is 69.0 Å². The molecule has 160 valence electrons. The Morgan fingerprint density at radius 3 is 3.03 bits per heavy atom. The zero-order valence-corrected chi connectivity index (χ0v) is 18.4. The average Bonchev–Trinajstić information content (AvgIpc) is 3.49. The fourth-order valence-electron chi connectivity index (χ4n) is 4.00. The number of carbonyl (C=O) groups is 1. The number of thiazole rings is 1. The summed E-state index contributed by atoms with van der Waals surface area (Å²) in [5.74, 6) is 0.690. The van der Waals surface area contributed by atoms with Gasteiger partial charge < -0.3 is 9.47 Å². The summed E-state index contributed by atoms with van der Waals surface area (Å²) in [6.07, 6.45) is 3.84. The highest BCUT2D eigenvalue weighted by atomic mass is 32.1. The molecule has 1 atom stereocenters. The van der Waals surface area contributed by atoms with Gasteiger partial charge in [0.2, 0.25) is 0 Å². The Hall–Kier alpha value is -2.97. The second-order valence-electron chi connectivity index (χ2n) is 7.58. The number of hydrogen-bond donors (Lipinski definition) is 0. The molecular weight excluding hydrogens is 412 g/mol. The molecule has 0 saturated carbocycles. The van der Waals surface area contributed by atoms with Crippen LogP contribution < -0.4 is 9.64 Å². The molecule has 1 unspecified atom stereocenters. The number of amides is 1. The first-order valence-electron chi connectivity index (χ1n) is 10.5. The van der Waals surface area contributed by atoms with Crippen molar-refractivity contribution >= 4 is 38.2 Å². The number of hydrogen-bond acceptors (Lipinski definition) is 6. The van der Waals surface area contributed by atoms with E-state index in [-0.39, 0.29) is 12.0 Å². The van der Waals surface area contributed by atoms with E-state index in [4.69, 9.17) is 14.5 Å².